The van der Waals surface area contributed by atoms with E-state index in [1.54, 1.807) is 12.1 Å². The minimum Gasteiger partial charge on any atom is -0.369 e. The summed E-state index contributed by atoms with van der Waals surface area (Å²) in [7, 11) is 0. The van der Waals surface area contributed by atoms with Crippen molar-refractivity contribution in [3.8, 4) is 11.8 Å². The van der Waals surface area contributed by atoms with Crippen molar-refractivity contribution in [3.05, 3.63) is 107 Å². The monoisotopic (exact) mass is 302 g/mol. The van der Waals surface area contributed by atoms with Crippen LogP contribution in [0.3, 0.4) is 0 Å². The van der Waals surface area contributed by atoms with E-state index < -0.39 is 5.60 Å². The lowest BCUT2D eigenvalue weighted by Crippen LogP contribution is -2.25. The molecule has 3 rings (SSSR count). The highest BCUT2D eigenvalue weighted by Gasteiger charge is 2.28. The lowest BCUT2D eigenvalue weighted by molar-refractivity contribution is 0.145. The second-order valence-corrected chi connectivity index (χ2v) is 5.20. The molecule has 112 valence electrons. The van der Waals surface area contributed by atoms with E-state index in [1.807, 2.05) is 60.7 Å². The molecule has 0 heterocycles. The smallest absolute Gasteiger partial charge is 0.177 e. The lowest BCUT2D eigenvalue weighted by atomic mass is 9.86. The number of rotatable bonds is 2. The SMILES string of the molecule is OC(C#Cc1ccc(F)cc1)(c1ccccc1)c1ccccc1. The molecule has 0 aliphatic carbocycles. The molecule has 2 heteroatoms. The van der Waals surface area contributed by atoms with Gasteiger partial charge in [-0.05, 0) is 24.3 Å². The van der Waals surface area contributed by atoms with Gasteiger partial charge in [-0.1, -0.05) is 72.5 Å². The van der Waals surface area contributed by atoms with Crippen LogP contribution in [0.5, 0.6) is 0 Å². The quantitative estimate of drug-likeness (QED) is 0.706. The van der Waals surface area contributed by atoms with Crippen LogP contribution in [0.2, 0.25) is 0 Å². The molecule has 0 bridgehead atoms. The first-order valence-electron chi connectivity index (χ1n) is 7.31. The van der Waals surface area contributed by atoms with E-state index in [4.69, 9.17) is 0 Å². The van der Waals surface area contributed by atoms with Crippen molar-refractivity contribution in [2.45, 2.75) is 5.60 Å². The molecule has 0 aliphatic rings. The highest BCUT2D eigenvalue weighted by molar-refractivity contribution is 5.47. The molecule has 1 nitrogen and oxygen atoms in total. The first kappa shape index (κ1) is 15.0. The molecule has 1 N–H and O–H groups in total. The molecule has 0 amide bonds. The zero-order chi connectivity index (χ0) is 16.1. The molecule has 0 aliphatic heterocycles. The van der Waals surface area contributed by atoms with Crippen molar-refractivity contribution < 1.29 is 9.50 Å². The van der Waals surface area contributed by atoms with E-state index in [2.05, 4.69) is 11.8 Å². The van der Waals surface area contributed by atoms with Gasteiger partial charge in [0.25, 0.3) is 0 Å². The molecule has 23 heavy (non-hydrogen) atoms. The topological polar surface area (TPSA) is 20.2 Å². The largest absolute Gasteiger partial charge is 0.369 e. The van der Waals surface area contributed by atoms with Gasteiger partial charge in [0.15, 0.2) is 5.60 Å². The third kappa shape index (κ3) is 3.31. The summed E-state index contributed by atoms with van der Waals surface area (Å²) in [4.78, 5) is 0. The van der Waals surface area contributed by atoms with Gasteiger partial charge in [-0.15, -0.1) is 0 Å². The molecule has 0 aromatic heterocycles. The molecule has 0 unspecified atom stereocenters. The Balaban J connectivity index is 2.09. The summed E-state index contributed by atoms with van der Waals surface area (Å²) >= 11 is 0. The Morgan fingerprint density at radius 1 is 0.696 bits per heavy atom. The van der Waals surface area contributed by atoms with Gasteiger partial charge >= 0.3 is 0 Å². The van der Waals surface area contributed by atoms with Crippen molar-refractivity contribution in [1.29, 1.82) is 0 Å². The Morgan fingerprint density at radius 3 is 1.65 bits per heavy atom. The van der Waals surface area contributed by atoms with Crippen LogP contribution in [-0.4, -0.2) is 5.11 Å². The summed E-state index contributed by atoms with van der Waals surface area (Å²) < 4.78 is 13.0. The Labute approximate surface area is 135 Å². The molecule has 0 saturated carbocycles. The Hall–Kier alpha value is -2.89. The average Bonchev–Trinajstić information content (AvgIpc) is 2.62. The zero-order valence-electron chi connectivity index (χ0n) is 12.4. The first-order chi connectivity index (χ1) is 11.2. The highest BCUT2D eigenvalue weighted by atomic mass is 19.1. The van der Waals surface area contributed by atoms with Gasteiger partial charge in [0.2, 0.25) is 0 Å². The third-order valence-electron chi connectivity index (χ3n) is 3.62. The summed E-state index contributed by atoms with van der Waals surface area (Å²) in [6.07, 6.45) is 0. The number of benzene rings is 3. The van der Waals surface area contributed by atoms with E-state index in [0.717, 1.165) is 0 Å². The fraction of sp³-hybridized carbons (Fsp3) is 0.0476. The molecule has 3 aromatic rings. The summed E-state index contributed by atoms with van der Waals surface area (Å²) in [6, 6.07) is 24.5. The standard InChI is InChI=1S/C21H15FO/c22-20-13-11-17(12-14-20)15-16-21(23,18-7-3-1-4-8-18)19-9-5-2-6-10-19/h1-14,23H. The maximum absolute atomic E-state index is 13.0. The highest BCUT2D eigenvalue weighted by Crippen LogP contribution is 2.28. The van der Waals surface area contributed by atoms with Crippen molar-refractivity contribution in [2.75, 3.05) is 0 Å². The summed E-state index contributed by atoms with van der Waals surface area (Å²) in [5.74, 6) is 5.58. The maximum Gasteiger partial charge on any atom is 0.177 e. The molecule has 0 atom stereocenters. The van der Waals surface area contributed by atoms with Gasteiger partial charge in [0.1, 0.15) is 5.82 Å². The summed E-state index contributed by atoms with van der Waals surface area (Å²) in [5.41, 5.74) is 0.620. The molecule has 0 radical (unpaired) electrons. The van der Waals surface area contributed by atoms with E-state index in [0.29, 0.717) is 16.7 Å². The van der Waals surface area contributed by atoms with Crippen molar-refractivity contribution >= 4 is 0 Å². The van der Waals surface area contributed by atoms with Crippen molar-refractivity contribution in [2.24, 2.45) is 0 Å². The summed E-state index contributed by atoms with van der Waals surface area (Å²) in [5, 5.41) is 11.2. The van der Waals surface area contributed by atoms with E-state index in [9.17, 15) is 9.50 Å². The van der Waals surface area contributed by atoms with Crippen molar-refractivity contribution in [1.82, 2.24) is 0 Å². The molecular weight excluding hydrogens is 287 g/mol. The number of hydrogen-bond acceptors (Lipinski definition) is 1. The number of aliphatic hydroxyl groups is 1. The molecule has 0 saturated heterocycles. The third-order valence-corrected chi connectivity index (χ3v) is 3.62. The fourth-order valence-electron chi connectivity index (χ4n) is 2.37. The van der Waals surface area contributed by atoms with Crippen LogP contribution >= 0.6 is 0 Å². The van der Waals surface area contributed by atoms with Gasteiger partial charge < -0.3 is 5.11 Å². The maximum atomic E-state index is 13.0. The second-order valence-electron chi connectivity index (χ2n) is 5.20. The van der Waals surface area contributed by atoms with Crippen LogP contribution in [-0.2, 0) is 5.60 Å². The van der Waals surface area contributed by atoms with Crippen LogP contribution in [0, 0.1) is 17.7 Å². The zero-order valence-corrected chi connectivity index (χ0v) is 12.4. The Morgan fingerprint density at radius 2 is 1.17 bits per heavy atom. The predicted molar refractivity (Wildman–Crippen MR) is 89.2 cm³/mol. The van der Waals surface area contributed by atoms with Gasteiger partial charge in [0.05, 0.1) is 0 Å². The molecule has 0 fully saturated rings. The molecule has 0 spiro atoms. The van der Waals surface area contributed by atoms with Gasteiger partial charge in [-0.25, -0.2) is 4.39 Å². The van der Waals surface area contributed by atoms with Gasteiger partial charge in [-0.2, -0.15) is 0 Å². The Kier molecular flexibility index (Phi) is 4.23. The van der Waals surface area contributed by atoms with E-state index >= 15 is 0 Å². The van der Waals surface area contributed by atoms with Crippen LogP contribution in [0.15, 0.2) is 84.9 Å². The van der Waals surface area contributed by atoms with Crippen LogP contribution < -0.4 is 0 Å². The minimum absolute atomic E-state index is 0.308. The minimum atomic E-state index is -1.42. The first-order valence-corrected chi connectivity index (χ1v) is 7.31. The van der Waals surface area contributed by atoms with Crippen molar-refractivity contribution in [3.63, 3.8) is 0 Å². The molecule has 3 aromatic carbocycles. The summed E-state index contributed by atoms with van der Waals surface area (Å²) in [6.45, 7) is 0. The predicted octanol–water partition coefficient (Wildman–Crippen LogP) is 4.11. The normalized spacial score (nSPS) is 10.7. The number of halogens is 1. The molecular formula is C21H15FO. The van der Waals surface area contributed by atoms with Crippen LogP contribution in [0.25, 0.3) is 0 Å². The van der Waals surface area contributed by atoms with E-state index in [-0.39, 0.29) is 5.82 Å². The average molecular weight is 302 g/mol. The second kappa shape index (κ2) is 6.48. The fourth-order valence-corrected chi connectivity index (χ4v) is 2.37. The van der Waals surface area contributed by atoms with Gasteiger partial charge in [0, 0.05) is 16.7 Å². The van der Waals surface area contributed by atoms with Crippen LogP contribution in [0.1, 0.15) is 16.7 Å². The lowest BCUT2D eigenvalue weighted by Gasteiger charge is -2.23. The Bertz CT molecular complexity index is 788. The van der Waals surface area contributed by atoms with Crippen LogP contribution in [0.4, 0.5) is 4.39 Å². The number of hydrogen-bond donors (Lipinski definition) is 1. The van der Waals surface area contributed by atoms with Gasteiger partial charge in [-0.3, -0.25) is 0 Å². The van der Waals surface area contributed by atoms with E-state index in [1.165, 1.54) is 12.1 Å².